The van der Waals surface area contributed by atoms with Gasteiger partial charge in [-0.05, 0) is 70.1 Å². The number of carbonyl (C=O) groups excluding carboxylic acids is 2. The molecule has 1 aliphatic heterocycles. The summed E-state index contributed by atoms with van der Waals surface area (Å²) >= 11 is 6.64. The minimum atomic E-state index is -0.591. The molecule has 2 heterocycles. The molecule has 2 aromatic rings. The Balaban J connectivity index is 2.00. The monoisotopic (exact) mass is 489 g/mol. The van der Waals surface area contributed by atoms with Gasteiger partial charge in [0.2, 0.25) is 0 Å². The molecule has 0 aliphatic carbocycles. The standard InChI is InChI=1S/C23H27N3O5S2/c1-6-30-16-10-14(8-9-15(16)27)19-18(12(4)24-23(32)25-19)20(28)26-21-17(22(29)31-7-2)11(3)13(5)33-21/h8-10,19,27H,6-7H2,1-5H3,(H,26,28)(H2,24,25,32). The Bertz CT molecular complexity index is 1140. The number of nitrogens with one attached hydrogen (secondary N) is 3. The van der Waals surface area contributed by atoms with Crippen molar-refractivity contribution >= 4 is 45.5 Å². The van der Waals surface area contributed by atoms with Crippen LogP contribution in [0.4, 0.5) is 5.00 Å². The Morgan fingerprint density at radius 2 is 1.94 bits per heavy atom. The lowest BCUT2D eigenvalue weighted by atomic mass is 9.94. The summed E-state index contributed by atoms with van der Waals surface area (Å²) in [5.41, 5.74) is 2.80. The summed E-state index contributed by atoms with van der Waals surface area (Å²) in [6.45, 7) is 9.65. The van der Waals surface area contributed by atoms with E-state index in [1.165, 1.54) is 17.4 Å². The van der Waals surface area contributed by atoms with Crippen molar-refractivity contribution in [1.29, 1.82) is 0 Å². The van der Waals surface area contributed by atoms with Gasteiger partial charge in [-0.3, -0.25) is 4.79 Å². The minimum Gasteiger partial charge on any atom is -0.504 e. The molecule has 0 bridgehead atoms. The average Bonchev–Trinajstić information content (AvgIpc) is 3.02. The molecule has 1 unspecified atom stereocenters. The predicted molar refractivity (Wildman–Crippen MR) is 132 cm³/mol. The molecule has 4 N–H and O–H groups in total. The van der Waals surface area contributed by atoms with Crippen LogP contribution in [-0.4, -0.2) is 35.3 Å². The predicted octanol–water partition coefficient (Wildman–Crippen LogP) is 4.08. The highest BCUT2D eigenvalue weighted by Gasteiger charge is 2.32. The van der Waals surface area contributed by atoms with Crippen molar-refractivity contribution < 1.29 is 24.2 Å². The first kappa shape index (κ1) is 24.5. The second-order valence-electron chi connectivity index (χ2n) is 7.39. The molecule has 0 spiro atoms. The summed E-state index contributed by atoms with van der Waals surface area (Å²) in [7, 11) is 0. The molecule has 33 heavy (non-hydrogen) atoms. The second-order valence-corrected chi connectivity index (χ2v) is 9.03. The summed E-state index contributed by atoms with van der Waals surface area (Å²) < 4.78 is 10.7. The molecule has 3 rings (SSSR count). The number of anilines is 1. The molecule has 176 valence electrons. The van der Waals surface area contributed by atoms with Crippen molar-refractivity contribution in [1.82, 2.24) is 10.6 Å². The highest BCUT2D eigenvalue weighted by Crippen LogP contribution is 2.36. The van der Waals surface area contributed by atoms with Gasteiger partial charge in [0.05, 0.1) is 30.4 Å². The fraction of sp³-hybridized carbons (Fsp3) is 0.348. The summed E-state index contributed by atoms with van der Waals surface area (Å²) in [6.07, 6.45) is 0. The second kappa shape index (κ2) is 10.2. The van der Waals surface area contributed by atoms with E-state index in [4.69, 9.17) is 21.7 Å². The van der Waals surface area contributed by atoms with E-state index in [0.717, 1.165) is 10.4 Å². The Morgan fingerprint density at radius 3 is 2.61 bits per heavy atom. The number of aromatic hydroxyl groups is 1. The number of phenols is 1. The zero-order valence-electron chi connectivity index (χ0n) is 19.1. The number of benzene rings is 1. The van der Waals surface area contributed by atoms with Crippen LogP contribution < -0.4 is 20.7 Å². The molecule has 1 atom stereocenters. The van der Waals surface area contributed by atoms with Crippen molar-refractivity contribution in [3.63, 3.8) is 0 Å². The molecule has 1 aromatic carbocycles. The van der Waals surface area contributed by atoms with Gasteiger partial charge in [0.1, 0.15) is 5.00 Å². The molecule has 0 saturated heterocycles. The Hall–Kier alpha value is -3.11. The number of carbonyl (C=O) groups is 2. The van der Waals surface area contributed by atoms with Crippen LogP contribution in [0.15, 0.2) is 29.5 Å². The van der Waals surface area contributed by atoms with Crippen LogP contribution in [0, 0.1) is 13.8 Å². The van der Waals surface area contributed by atoms with Crippen LogP contribution in [0.3, 0.4) is 0 Å². The number of thiocarbonyl (C=S) groups is 1. The SMILES string of the molecule is CCOC(=O)c1c(NC(=O)C2=C(C)NC(=S)NC2c2ccc(O)c(OCC)c2)sc(C)c1C. The zero-order chi connectivity index (χ0) is 24.3. The van der Waals surface area contributed by atoms with E-state index in [1.807, 2.05) is 20.8 Å². The lowest BCUT2D eigenvalue weighted by Crippen LogP contribution is -2.45. The van der Waals surface area contributed by atoms with Gasteiger partial charge in [-0.25, -0.2) is 4.79 Å². The van der Waals surface area contributed by atoms with Gasteiger partial charge in [0, 0.05) is 10.6 Å². The van der Waals surface area contributed by atoms with E-state index in [0.29, 0.717) is 44.9 Å². The number of esters is 1. The maximum atomic E-state index is 13.5. The summed E-state index contributed by atoms with van der Waals surface area (Å²) in [5, 5.41) is 19.9. The van der Waals surface area contributed by atoms with Crippen LogP contribution in [0.5, 0.6) is 11.5 Å². The number of ether oxygens (including phenoxy) is 2. The van der Waals surface area contributed by atoms with Gasteiger partial charge < -0.3 is 30.5 Å². The lowest BCUT2D eigenvalue weighted by molar-refractivity contribution is -0.113. The van der Waals surface area contributed by atoms with Gasteiger partial charge in [0.15, 0.2) is 16.6 Å². The van der Waals surface area contributed by atoms with E-state index < -0.39 is 17.9 Å². The largest absolute Gasteiger partial charge is 0.504 e. The fourth-order valence-corrected chi connectivity index (χ4v) is 4.88. The van der Waals surface area contributed by atoms with Gasteiger partial charge in [-0.1, -0.05) is 6.07 Å². The number of hydrogen-bond acceptors (Lipinski definition) is 7. The minimum absolute atomic E-state index is 0.00688. The number of hydrogen-bond donors (Lipinski definition) is 4. The normalized spacial score (nSPS) is 15.5. The number of rotatable bonds is 7. The van der Waals surface area contributed by atoms with E-state index in [9.17, 15) is 14.7 Å². The third kappa shape index (κ3) is 5.12. The summed E-state index contributed by atoms with van der Waals surface area (Å²) in [6, 6.07) is 4.30. The Morgan fingerprint density at radius 1 is 1.21 bits per heavy atom. The van der Waals surface area contributed by atoms with Gasteiger partial charge in [-0.15, -0.1) is 11.3 Å². The summed E-state index contributed by atoms with van der Waals surface area (Å²) in [4.78, 5) is 26.9. The number of aryl methyl sites for hydroxylation is 1. The highest BCUT2D eigenvalue weighted by atomic mass is 32.1. The number of amides is 1. The molecule has 1 aromatic heterocycles. The van der Waals surface area contributed by atoms with Crippen molar-refractivity contribution in [2.75, 3.05) is 18.5 Å². The van der Waals surface area contributed by atoms with Crippen LogP contribution in [0.1, 0.15) is 53.2 Å². The quantitative estimate of drug-likeness (QED) is 0.340. The maximum Gasteiger partial charge on any atom is 0.341 e. The third-order valence-electron chi connectivity index (χ3n) is 5.22. The molecule has 1 aliphatic rings. The molecule has 0 fully saturated rings. The van der Waals surface area contributed by atoms with Crippen LogP contribution in [-0.2, 0) is 9.53 Å². The lowest BCUT2D eigenvalue weighted by Gasteiger charge is -2.30. The van der Waals surface area contributed by atoms with Crippen molar-refractivity contribution in [3.8, 4) is 11.5 Å². The number of allylic oxidation sites excluding steroid dienone is 1. The van der Waals surface area contributed by atoms with E-state index >= 15 is 0 Å². The number of phenolic OH excluding ortho intramolecular Hbond substituents is 1. The fourth-order valence-electron chi connectivity index (χ4n) is 3.56. The van der Waals surface area contributed by atoms with Gasteiger partial charge >= 0.3 is 5.97 Å². The zero-order valence-corrected chi connectivity index (χ0v) is 20.8. The van der Waals surface area contributed by atoms with E-state index in [1.54, 1.807) is 26.0 Å². The molecule has 10 heteroatoms. The van der Waals surface area contributed by atoms with E-state index in [2.05, 4.69) is 16.0 Å². The third-order valence-corrected chi connectivity index (χ3v) is 6.57. The highest BCUT2D eigenvalue weighted by molar-refractivity contribution is 7.80. The Labute approximate surface area is 202 Å². The molecule has 8 nitrogen and oxygen atoms in total. The first-order valence-electron chi connectivity index (χ1n) is 10.5. The summed E-state index contributed by atoms with van der Waals surface area (Å²) in [5.74, 6) is -0.545. The van der Waals surface area contributed by atoms with Crippen molar-refractivity contribution in [3.05, 3.63) is 51.0 Å². The molecule has 1 amide bonds. The van der Waals surface area contributed by atoms with Crippen molar-refractivity contribution in [2.45, 2.75) is 40.7 Å². The molecular weight excluding hydrogens is 462 g/mol. The van der Waals surface area contributed by atoms with E-state index in [-0.39, 0.29) is 12.4 Å². The Kier molecular flexibility index (Phi) is 7.60. The van der Waals surface area contributed by atoms with Gasteiger partial charge in [0.25, 0.3) is 5.91 Å². The maximum absolute atomic E-state index is 13.5. The van der Waals surface area contributed by atoms with Crippen LogP contribution in [0.2, 0.25) is 0 Å². The van der Waals surface area contributed by atoms with Crippen LogP contribution >= 0.6 is 23.6 Å². The first-order valence-corrected chi connectivity index (χ1v) is 11.7. The average molecular weight is 490 g/mol. The van der Waals surface area contributed by atoms with Crippen LogP contribution in [0.25, 0.3) is 0 Å². The van der Waals surface area contributed by atoms with Gasteiger partial charge in [-0.2, -0.15) is 0 Å². The molecular formula is C23H27N3O5S2. The van der Waals surface area contributed by atoms with Crippen molar-refractivity contribution in [2.24, 2.45) is 0 Å². The topological polar surface area (TPSA) is 109 Å². The first-order chi connectivity index (χ1) is 15.7. The smallest absolute Gasteiger partial charge is 0.341 e. The molecule has 0 radical (unpaired) electrons. The molecule has 0 saturated carbocycles. The number of thiophene rings is 1.